The number of nitrogens with one attached hydrogen (secondary N) is 2. The van der Waals surface area contributed by atoms with Crippen LogP contribution in [-0.4, -0.2) is 71.3 Å². The molecule has 0 spiro atoms. The molecule has 7 nitrogen and oxygen atoms in total. The fourth-order valence-electron chi connectivity index (χ4n) is 2.90. The van der Waals surface area contributed by atoms with Crippen molar-refractivity contribution >= 4 is 33.3 Å². The number of halogens is 1. The molecule has 26 heavy (non-hydrogen) atoms. The lowest BCUT2D eigenvalue weighted by atomic mass is 10.1. The lowest BCUT2D eigenvalue weighted by Crippen LogP contribution is -2.53. The minimum Gasteiger partial charge on any atom is -0.368 e. The molecular formula is C17H28ClN5O2S. The summed E-state index contributed by atoms with van der Waals surface area (Å²) in [6.45, 7) is 8.00. The average Bonchev–Trinajstić information content (AvgIpc) is 2.64. The highest BCUT2D eigenvalue weighted by Gasteiger charge is 2.21. The van der Waals surface area contributed by atoms with Crippen molar-refractivity contribution < 1.29 is 8.42 Å². The van der Waals surface area contributed by atoms with Gasteiger partial charge >= 0.3 is 0 Å². The van der Waals surface area contributed by atoms with Crippen molar-refractivity contribution in [2.45, 2.75) is 13.8 Å². The van der Waals surface area contributed by atoms with E-state index in [4.69, 9.17) is 11.6 Å². The summed E-state index contributed by atoms with van der Waals surface area (Å²) in [5, 5.41) is 3.97. The third-order valence-corrected chi connectivity index (χ3v) is 6.05. The van der Waals surface area contributed by atoms with Gasteiger partial charge in [0.1, 0.15) is 0 Å². The Kier molecular flexibility index (Phi) is 7.55. The second-order valence-corrected chi connectivity index (χ2v) is 8.71. The van der Waals surface area contributed by atoms with Crippen LogP contribution >= 0.6 is 11.6 Å². The minimum absolute atomic E-state index is 0.0899. The van der Waals surface area contributed by atoms with Crippen LogP contribution in [0.4, 0.5) is 5.69 Å². The first-order chi connectivity index (χ1) is 12.4. The smallest absolute Gasteiger partial charge is 0.211 e. The van der Waals surface area contributed by atoms with E-state index >= 15 is 0 Å². The van der Waals surface area contributed by atoms with Crippen LogP contribution in [0.1, 0.15) is 12.5 Å². The number of hydrogen-bond donors (Lipinski definition) is 2. The Balaban J connectivity index is 1.84. The van der Waals surface area contributed by atoms with Gasteiger partial charge < -0.3 is 15.1 Å². The zero-order chi connectivity index (χ0) is 19.2. The molecule has 1 saturated heterocycles. The van der Waals surface area contributed by atoms with Crippen molar-refractivity contribution in [2.24, 2.45) is 4.99 Å². The SMILES string of the molecule is CCS(=O)(=O)NCCNC(=NC)N1CCN(c2cc(Cl)ccc2C)CC1. The molecule has 146 valence electrons. The predicted molar refractivity (Wildman–Crippen MR) is 109 cm³/mol. The molecule has 2 N–H and O–H groups in total. The van der Waals surface area contributed by atoms with Gasteiger partial charge in [-0.05, 0) is 31.5 Å². The molecule has 0 aromatic heterocycles. The van der Waals surface area contributed by atoms with Crippen LogP contribution in [-0.2, 0) is 10.0 Å². The summed E-state index contributed by atoms with van der Waals surface area (Å²) in [5.41, 5.74) is 2.39. The third kappa shape index (κ3) is 5.75. The standard InChI is InChI=1S/C17H28ClN5O2S/c1-4-26(24,25)21-8-7-20-17(19-3)23-11-9-22(10-12-23)16-13-15(18)6-5-14(16)2/h5-6,13,21H,4,7-12H2,1-3H3,(H,19,20). The molecule has 1 aliphatic heterocycles. The number of hydrogen-bond acceptors (Lipinski definition) is 4. The third-order valence-electron chi connectivity index (χ3n) is 4.41. The molecule has 1 fully saturated rings. The predicted octanol–water partition coefficient (Wildman–Crippen LogP) is 1.29. The molecule has 0 bridgehead atoms. The van der Waals surface area contributed by atoms with Gasteiger partial charge in [-0.1, -0.05) is 17.7 Å². The van der Waals surface area contributed by atoms with Gasteiger partial charge in [-0.15, -0.1) is 0 Å². The van der Waals surface area contributed by atoms with E-state index in [0.717, 1.165) is 37.2 Å². The van der Waals surface area contributed by atoms with Crippen LogP contribution in [0.25, 0.3) is 0 Å². The quantitative estimate of drug-likeness (QED) is 0.426. The van der Waals surface area contributed by atoms with Gasteiger partial charge in [0.2, 0.25) is 10.0 Å². The fraction of sp³-hybridized carbons (Fsp3) is 0.588. The van der Waals surface area contributed by atoms with Crippen LogP contribution < -0.4 is 14.9 Å². The Morgan fingerprint density at radius 1 is 1.23 bits per heavy atom. The van der Waals surface area contributed by atoms with Gasteiger partial charge in [0.25, 0.3) is 0 Å². The summed E-state index contributed by atoms with van der Waals surface area (Å²) >= 11 is 6.14. The van der Waals surface area contributed by atoms with E-state index in [0.29, 0.717) is 13.1 Å². The van der Waals surface area contributed by atoms with E-state index in [1.54, 1.807) is 14.0 Å². The molecule has 0 radical (unpaired) electrons. The Morgan fingerprint density at radius 2 is 1.92 bits per heavy atom. The number of anilines is 1. The zero-order valence-corrected chi connectivity index (χ0v) is 17.2. The highest BCUT2D eigenvalue weighted by Crippen LogP contribution is 2.25. The second-order valence-electron chi connectivity index (χ2n) is 6.18. The number of benzene rings is 1. The number of aryl methyl sites for hydroxylation is 1. The largest absolute Gasteiger partial charge is 0.368 e. The van der Waals surface area contributed by atoms with Gasteiger partial charge in [-0.2, -0.15) is 0 Å². The van der Waals surface area contributed by atoms with Crippen molar-refractivity contribution in [1.82, 2.24) is 14.9 Å². The molecular weight excluding hydrogens is 374 g/mol. The number of piperazine rings is 1. The van der Waals surface area contributed by atoms with Crippen molar-refractivity contribution in [1.29, 1.82) is 0 Å². The molecule has 9 heteroatoms. The monoisotopic (exact) mass is 401 g/mol. The summed E-state index contributed by atoms with van der Waals surface area (Å²) in [6.07, 6.45) is 0. The Morgan fingerprint density at radius 3 is 2.54 bits per heavy atom. The zero-order valence-electron chi connectivity index (χ0n) is 15.6. The molecule has 1 heterocycles. The molecule has 0 aliphatic carbocycles. The molecule has 0 unspecified atom stereocenters. The van der Waals surface area contributed by atoms with Gasteiger partial charge in [0.05, 0.1) is 5.75 Å². The highest BCUT2D eigenvalue weighted by atomic mass is 35.5. The van der Waals surface area contributed by atoms with Gasteiger partial charge in [0.15, 0.2) is 5.96 Å². The van der Waals surface area contributed by atoms with Crippen LogP contribution in [0.15, 0.2) is 23.2 Å². The summed E-state index contributed by atoms with van der Waals surface area (Å²) < 4.78 is 25.4. The summed E-state index contributed by atoms with van der Waals surface area (Å²) in [5.74, 6) is 0.884. The maximum Gasteiger partial charge on any atom is 0.211 e. The van der Waals surface area contributed by atoms with Crippen LogP contribution in [0, 0.1) is 6.92 Å². The van der Waals surface area contributed by atoms with E-state index in [-0.39, 0.29) is 5.75 Å². The number of aliphatic imine (C=N–C) groups is 1. The van der Waals surface area contributed by atoms with E-state index < -0.39 is 10.0 Å². The van der Waals surface area contributed by atoms with Crippen LogP contribution in [0.3, 0.4) is 0 Å². The maximum absolute atomic E-state index is 11.4. The minimum atomic E-state index is -3.16. The number of nitrogens with zero attached hydrogens (tertiary/aromatic N) is 3. The van der Waals surface area contributed by atoms with Crippen molar-refractivity contribution in [3.8, 4) is 0 Å². The second kappa shape index (κ2) is 9.43. The molecule has 1 aromatic carbocycles. The van der Waals surface area contributed by atoms with Crippen molar-refractivity contribution in [3.63, 3.8) is 0 Å². The Labute approximate surface area is 161 Å². The van der Waals surface area contributed by atoms with Gasteiger partial charge in [-0.3, -0.25) is 4.99 Å². The van der Waals surface area contributed by atoms with E-state index in [2.05, 4.69) is 31.8 Å². The van der Waals surface area contributed by atoms with Crippen LogP contribution in [0.2, 0.25) is 5.02 Å². The normalized spacial score (nSPS) is 16.1. The Hall–Kier alpha value is -1.51. The first-order valence-corrected chi connectivity index (χ1v) is 10.8. The molecule has 2 rings (SSSR count). The lowest BCUT2D eigenvalue weighted by Gasteiger charge is -2.38. The van der Waals surface area contributed by atoms with E-state index in [9.17, 15) is 8.42 Å². The summed E-state index contributed by atoms with van der Waals surface area (Å²) in [4.78, 5) is 8.83. The number of sulfonamides is 1. The first-order valence-electron chi connectivity index (χ1n) is 8.80. The molecule has 0 amide bonds. The summed E-state index contributed by atoms with van der Waals surface area (Å²) in [6, 6.07) is 5.97. The van der Waals surface area contributed by atoms with Crippen LogP contribution in [0.5, 0.6) is 0 Å². The van der Waals surface area contributed by atoms with Crippen molar-refractivity contribution in [2.75, 3.05) is 57.0 Å². The molecule has 1 aliphatic rings. The number of rotatable bonds is 6. The molecule has 1 aromatic rings. The maximum atomic E-state index is 11.4. The summed E-state index contributed by atoms with van der Waals surface area (Å²) in [7, 11) is -1.41. The molecule has 0 atom stereocenters. The van der Waals surface area contributed by atoms with Gasteiger partial charge in [0, 0.05) is 57.0 Å². The Bertz CT molecular complexity index is 731. The van der Waals surface area contributed by atoms with Gasteiger partial charge in [-0.25, -0.2) is 13.1 Å². The lowest BCUT2D eigenvalue weighted by molar-refractivity contribution is 0.373. The topological polar surface area (TPSA) is 77.0 Å². The van der Waals surface area contributed by atoms with E-state index in [1.807, 2.05) is 18.2 Å². The highest BCUT2D eigenvalue weighted by molar-refractivity contribution is 7.89. The van der Waals surface area contributed by atoms with Crippen molar-refractivity contribution in [3.05, 3.63) is 28.8 Å². The number of guanidine groups is 1. The fourth-order valence-corrected chi connectivity index (χ4v) is 3.68. The average molecular weight is 402 g/mol. The molecule has 0 saturated carbocycles. The first kappa shape index (κ1) is 20.8. The van der Waals surface area contributed by atoms with E-state index in [1.165, 1.54) is 11.3 Å².